The summed E-state index contributed by atoms with van der Waals surface area (Å²) in [5.74, 6) is 0.652. The molecule has 0 aliphatic rings. The molecular weight excluding hydrogens is 492 g/mol. The largest absolute Gasteiger partial charge is 0.507 e. The molecule has 3 aromatic carbocycles. The van der Waals surface area contributed by atoms with Gasteiger partial charge >= 0.3 is 0 Å². The molecule has 4 nitrogen and oxygen atoms in total. The van der Waals surface area contributed by atoms with E-state index in [0.717, 1.165) is 111 Å². The Balaban J connectivity index is 1.93. The summed E-state index contributed by atoms with van der Waals surface area (Å²) in [6.45, 7) is 8.74. The summed E-state index contributed by atoms with van der Waals surface area (Å²) >= 11 is 0. The highest BCUT2D eigenvalue weighted by Crippen LogP contribution is 2.31. The van der Waals surface area contributed by atoms with Crippen LogP contribution in [-0.4, -0.2) is 22.6 Å². The van der Waals surface area contributed by atoms with Crippen molar-refractivity contribution in [2.75, 3.05) is 0 Å². The summed E-state index contributed by atoms with van der Waals surface area (Å²) in [6.07, 6.45) is 16.0. The molecule has 2 N–H and O–H groups in total. The zero-order valence-corrected chi connectivity index (χ0v) is 25.0. The molecule has 0 heterocycles. The Labute approximate surface area is 241 Å². The number of phenolic OH excluding ortho intramolecular Hbond substituents is 2. The van der Waals surface area contributed by atoms with E-state index in [2.05, 4.69) is 52.0 Å². The summed E-state index contributed by atoms with van der Waals surface area (Å²) in [5.41, 5.74) is 7.44. The zero-order chi connectivity index (χ0) is 28.7. The molecule has 214 valence electrons. The standard InChI is InChI=1S/C36H48N2O2/c1-5-9-15-27-21-29(17-11-7-3)35(39)31(23-27)25-37-33-19-13-14-20-34(33)38-26-32-24-28(16-10-6-2)22-30(36(32)40)18-12-8-4/h13-14,19-26,39-40H,5-12,15-18H2,1-4H3/b37-25+,38-26+. The van der Waals surface area contributed by atoms with Gasteiger partial charge in [-0.05, 0) is 97.9 Å². The first-order valence-corrected chi connectivity index (χ1v) is 15.4. The number of hydrogen-bond acceptors (Lipinski definition) is 4. The molecule has 0 saturated carbocycles. The van der Waals surface area contributed by atoms with Crippen molar-refractivity contribution in [3.05, 3.63) is 81.9 Å². The Hall–Kier alpha value is -3.40. The topological polar surface area (TPSA) is 65.2 Å². The smallest absolute Gasteiger partial charge is 0.127 e. The molecule has 0 amide bonds. The van der Waals surface area contributed by atoms with Gasteiger partial charge in [0, 0.05) is 23.6 Å². The van der Waals surface area contributed by atoms with Gasteiger partial charge < -0.3 is 10.2 Å². The summed E-state index contributed by atoms with van der Waals surface area (Å²) in [5, 5.41) is 22.0. The van der Waals surface area contributed by atoms with E-state index >= 15 is 0 Å². The lowest BCUT2D eigenvalue weighted by Gasteiger charge is -2.11. The van der Waals surface area contributed by atoms with Crippen molar-refractivity contribution >= 4 is 23.8 Å². The number of aromatic hydroxyl groups is 2. The molecular formula is C36H48N2O2. The van der Waals surface area contributed by atoms with E-state index in [4.69, 9.17) is 9.98 Å². The number of rotatable bonds is 16. The molecule has 4 heteroatoms. The van der Waals surface area contributed by atoms with Gasteiger partial charge in [0.05, 0.1) is 11.4 Å². The van der Waals surface area contributed by atoms with Crippen molar-refractivity contribution < 1.29 is 10.2 Å². The third-order valence-corrected chi connectivity index (χ3v) is 7.36. The Bertz CT molecular complexity index is 1180. The van der Waals surface area contributed by atoms with Crippen LogP contribution in [0.15, 0.2) is 58.5 Å². The van der Waals surface area contributed by atoms with Crippen LogP contribution in [0.25, 0.3) is 0 Å². The van der Waals surface area contributed by atoms with Gasteiger partial charge in [-0.3, -0.25) is 9.98 Å². The molecule has 0 bridgehead atoms. The fourth-order valence-electron chi connectivity index (χ4n) is 4.90. The van der Waals surface area contributed by atoms with E-state index < -0.39 is 0 Å². The summed E-state index contributed by atoms with van der Waals surface area (Å²) in [7, 11) is 0. The third kappa shape index (κ3) is 9.08. The number of benzene rings is 3. The van der Waals surface area contributed by atoms with E-state index in [1.807, 2.05) is 24.3 Å². The van der Waals surface area contributed by atoms with Crippen LogP contribution in [0, 0.1) is 0 Å². The summed E-state index contributed by atoms with van der Waals surface area (Å²) < 4.78 is 0. The average Bonchev–Trinajstić information content (AvgIpc) is 2.97. The molecule has 0 unspecified atom stereocenters. The highest BCUT2D eigenvalue weighted by atomic mass is 16.3. The van der Waals surface area contributed by atoms with Crippen molar-refractivity contribution in [1.29, 1.82) is 0 Å². The van der Waals surface area contributed by atoms with Crippen LogP contribution in [0.2, 0.25) is 0 Å². The van der Waals surface area contributed by atoms with Gasteiger partial charge in [0.1, 0.15) is 11.5 Å². The highest BCUT2D eigenvalue weighted by Gasteiger charge is 2.11. The number of phenols is 2. The second-order valence-electron chi connectivity index (χ2n) is 10.8. The maximum Gasteiger partial charge on any atom is 0.127 e. The lowest BCUT2D eigenvalue weighted by Crippen LogP contribution is -1.96. The van der Waals surface area contributed by atoms with E-state index in [1.54, 1.807) is 12.4 Å². The molecule has 3 aromatic rings. The van der Waals surface area contributed by atoms with Crippen molar-refractivity contribution in [2.45, 2.75) is 105 Å². The molecule has 3 rings (SSSR count). The number of aliphatic imine (C=N–C) groups is 2. The van der Waals surface area contributed by atoms with Crippen molar-refractivity contribution in [2.24, 2.45) is 9.98 Å². The number of unbranched alkanes of at least 4 members (excludes halogenated alkanes) is 4. The van der Waals surface area contributed by atoms with Crippen molar-refractivity contribution in [1.82, 2.24) is 0 Å². The van der Waals surface area contributed by atoms with Crippen LogP contribution < -0.4 is 0 Å². The lowest BCUT2D eigenvalue weighted by atomic mass is 9.97. The molecule has 0 aromatic heterocycles. The third-order valence-electron chi connectivity index (χ3n) is 7.36. The van der Waals surface area contributed by atoms with E-state index in [0.29, 0.717) is 11.5 Å². The molecule has 0 radical (unpaired) electrons. The van der Waals surface area contributed by atoms with Gasteiger partial charge in [0.25, 0.3) is 0 Å². The second kappa shape index (κ2) is 16.6. The maximum absolute atomic E-state index is 11.0. The Kier molecular flexibility index (Phi) is 13.0. The van der Waals surface area contributed by atoms with Gasteiger partial charge in [-0.1, -0.05) is 77.6 Å². The Morgan fingerprint density at radius 1 is 0.550 bits per heavy atom. The molecule has 40 heavy (non-hydrogen) atoms. The average molecular weight is 541 g/mol. The maximum atomic E-state index is 11.0. The number of aryl methyl sites for hydroxylation is 4. The van der Waals surface area contributed by atoms with E-state index in [9.17, 15) is 10.2 Å². The highest BCUT2D eigenvalue weighted by molar-refractivity contribution is 5.90. The Morgan fingerprint density at radius 2 is 0.925 bits per heavy atom. The van der Waals surface area contributed by atoms with Crippen LogP contribution in [0.1, 0.15) is 112 Å². The van der Waals surface area contributed by atoms with E-state index in [-0.39, 0.29) is 0 Å². The van der Waals surface area contributed by atoms with Gasteiger partial charge in [0.2, 0.25) is 0 Å². The predicted molar refractivity (Wildman–Crippen MR) is 172 cm³/mol. The normalized spacial score (nSPS) is 11.7. The number of hydrogen-bond donors (Lipinski definition) is 2. The number of para-hydroxylation sites is 2. The molecule has 0 aliphatic carbocycles. The molecule has 0 fully saturated rings. The fourth-order valence-corrected chi connectivity index (χ4v) is 4.90. The SMILES string of the molecule is CCCCc1cc(/C=N/c2ccccc2/N=C/c2cc(CCCC)cc(CCCC)c2O)c(O)c(CCCC)c1. The van der Waals surface area contributed by atoms with Crippen molar-refractivity contribution in [3.8, 4) is 11.5 Å². The molecule has 0 aliphatic heterocycles. The summed E-state index contributed by atoms with van der Waals surface area (Å²) in [6, 6.07) is 16.2. The fraction of sp³-hybridized carbons (Fsp3) is 0.444. The minimum atomic E-state index is 0.326. The molecule has 0 saturated heterocycles. The van der Waals surface area contributed by atoms with Gasteiger partial charge in [-0.25, -0.2) is 0 Å². The van der Waals surface area contributed by atoms with Crippen LogP contribution in [0.3, 0.4) is 0 Å². The minimum absolute atomic E-state index is 0.326. The lowest BCUT2D eigenvalue weighted by molar-refractivity contribution is 0.465. The summed E-state index contributed by atoms with van der Waals surface area (Å²) in [4.78, 5) is 9.54. The van der Waals surface area contributed by atoms with Gasteiger partial charge in [-0.2, -0.15) is 0 Å². The molecule has 0 atom stereocenters. The number of nitrogens with zero attached hydrogens (tertiary/aromatic N) is 2. The monoisotopic (exact) mass is 540 g/mol. The first-order valence-electron chi connectivity index (χ1n) is 15.4. The first-order chi connectivity index (χ1) is 19.5. The van der Waals surface area contributed by atoms with Gasteiger partial charge in [-0.15, -0.1) is 0 Å². The van der Waals surface area contributed by atoms with Crippen LogP contribution >= 0.6 is 0 Å². The van der Waals surface area contributed by atoms with Crippen LogP contribution in [0.4, 0.5) is 11.4 Å². The van der Waals surface area contributed by atoms with Crippen LogP contribution in [-0.2, 0) is 25.7 Å². The Morgan fingerprint density at radius 3 is 1.30 bits per heavy atom. The zero-order valence-electron chi connectivity index (χ0n) is 25.0. The predicted octanol–water partition coefficient (Wildman–Crippen LogP) is 9.97. The molecule has 0 spiro atoms. The van der Waals surface area contributed by atoms with Crippen LogP contribution in [0.5, 0.6) is 11.5 Å². The van der Waals surface area contributed by atoms with Gasteiger partial charge in [0.15, 0.2) is 0 Å². The first kappa shape index (κ1) is 31.1. The second-order valence-corrected chi connectivity index (χ2v) is 10.8. The quantitative estimate of drug-likeness (QED) is 0.178. The minimum Gasteiger partial charge on any atom is -0.507 e. The van der Waals surface area contributed by atoms with Crippen molar-refractivity contribution in [3.63, 3.8) is 0 Å². The van der Waals surface area contributed by atoms with E-state index in [1.165, 1.54) is 11.1 Å².